The minimum Gasteiger partial charge on any atom is -0.507 e. The molecule has 0 bridgehead atoms. The molecule has 180 valence electrons. The van der Waals surface area contributed by atoms with Gasteiger partial charge in [-0.2, -0.15) is 0 Å². The number of aliphatic hydroxyl groups excluding tert-OH is 1. The molecular weight excluding hydrogens is 464 g/mol. The first kappa shape index (κ1) is 24.5. The number of Topliss-reactive ketones (excluding diaryl/α,β-unsaturated/α-hetero) is 1. The lowest BCUT2D eigenvalue weighted by molar-refractivity contribution is -0.140. The van der Waals surface area contributed by atoms with Crippen LogP contribution in [0.15, 0.2) is 72.6 Å². The highest BCUT2D eigenvalue weighted by Crippen LogP contribution is 2.41. The monoisotopic (exact) mass is 490 g/mol. The largest absolute Gasteiger partial charge is 0.507 e. The number of ether oxygens (including phenoxy) is 1. The quantitative estimate of drug-likeness (QED) is 0.283. The number of aliphatic hydroxyl groups is 1. The third-order valence-corrected chi connectivity index (χ3v) is 6.43. The molecule has 35 heavy (non-hydrogen) atoms. The SMILES string of the molecule is COc1ccc(/C(O)=C2\C(=O)C(=O)N(Cc3cccnc3)C2c2ccc(C(C)(C)C)cc2)cc1Cl. The Morgan fingerprint density at radius 2 is 1.83 bits per heavy atom. The van der Waals surface area contributed by atoms with Gasteiger partial charge in [0.25, 0.3) is 11.7 Å². The highest BCUT2D eigenvalue weighted by Gasteiger charge is 2.46. The molecule has 4 rings (SSSR count). The van der Waals surface area contributed by atoms with E-state index in [1.807, 2.05) is 30.3 Å². The second kappa shape index (κ2) is 9.55. The van der Waals surface area contributed by atoms with Gasteiger partial charge in [-0.15, -0.1) is 0 Å². The van der Waals surface area contributed by atoms with E-state index in [0.29, 0.717) is 11.3 Å². The summed E-state index contributed by atoms with van der Waals surface area (Å²) in [6.07, 6.45) is 3.30. The fourth-order valence-corrected chi connectivity index (χ4v) is 4.47. The van der Waals surface area contributed by atoms with Gasteiger partial charge in [-0.05, 0) is 46.4 Å². The summed E-state index contributed by atoms with van der Waals surface area (Å²) in [5.41, 5.74) is 2.90. The summed E-state index contributed by atoms with van der Waals surface area (Å²) in [6.45, 7) is 6.52. The number of hydrogen-bond donors (Lipinski definition) is 1. The van der Waals surface area contributed by atoms with Gasteiger partial charge >= 0.3 is 0 Å². The van der Waals surface area contributed by atoms with Crippen molar-refractivity contribution in [2.75, 3.05) is 7.11 Å². The molecule has 2 heterocycles. The summed E-state index contributed by atoms with van der Waals surface area (Å²) in [5.74, 6) is -1.27. The predicted molar refractivity (Wildman–Crippen MR) is 135 cm³/mol. The molecule has 1 N–H and O–H groups in total. The summed E-state index contributed by atoms with van der Waals surface area (Å²) < 4.78 is 5.19. The van der Waals surface area contributed by atoms with Gasteiger partial charge in [0.1, 0.15) is 11.5 Å². The molecule has 1 saturated heterocycles. The van der Waals surface area contributed by atoms with Crippen molar-refractivity contribution < 1.29 is 19.4 Å². The number of carbonyl (C=O) groups excluding carboxylic acids is 2. The number of likely N-dealkylation sites (tertiary alicyclic amines) is 1. The number of nitrogens with zero attached hydrogens (tertiary/aromatic N) is 2. The van der Waals surface area contributed by atoms with Crippen molar-refractivity contribution in [1.82, 2.24) is 9.88 Å². The van der Waals surface area contributed by atoms with Crippen LogP contribution in [0.3, 0.4) is 0 Å². The number of carbonyl (C=O) groups is 2. The Kier molecular flexibility index (Phi) is 6.68. The number of amides is 1. The molecule has 7 heteroatoms. The molecule has 1 aliphatic rings. The summed E-state index contributed by atoms with van der Waals surface area (Å²) in [4.78, 5) is 32.1. The molecule has 1 aromatic heterocycles. The van der Waals surface area contributed by atoms with Crippen molar-refractivity contribution in [3.63, 3.8) is 0 Å². The average molecular weight is 491 g/mol. The number of ketones is 1. The van der Waals surface area contributed by atoms with E-state index >= 15 is 0 Å². The second-order valence-corrected chi connectivity index (χ2v) is 9.92. The Labute approximate surface area is 209 Å². The van der Waals surface area contributed by atoms with Crippen molar-refractivity contribution in [3.8, 4) is 5.75 Å². The van der Waals surface area contributed by atoms with Crippen LogP contribution in [-0.4, -0.2) is 33.8 Å². The zero-order valence-corrected chi connectivity index (χ0v) is 20.8. The van der Waals surface area contributed by atoms with Crippen LogP contribution in [0, 0.1) is 0 Å². The summed E-state index contributed by atoms with van der Waals surface area (Å²) in [6, 6.07) is 15.4. The summed E-state index contributed by atoms with van der Waals surface area (Å²) in [5, 5.41) is 11.5. The number of pyridine rings is 1. The Hall–Kier alpha value is -3.64. The number of aromatic nitrogens is 1. The van der Waals surface area contributed by atoms with Crippen LogP contribution in [-0.2, 0) is 21.5 Å². The van der Waals surface area contributed by atoms with Crippen LogP contribution >= 0.6 is 11.6 Å². The number of rotatable bonds is 5. The van der Waals surface area contributed by atoms with E-state index in [1.165, 1.54) is 18.1 Å². The molecular formula is C28H27ClN2O4. The maximum absolute atomic E-state index is 13.3. The third kappa shape index (κ3) is 4.80. The molecule has 1 unspecified atom stereocenters. The van der Waals surface area contributed by atoms with Crippen molar-refractivity contribution in [3.05, 3.63) is 99.8 Å². The van der Waals surface area contributed by atoms with Crippen LogP contribution in [0.4, 0.5) is 0 Å². The van der Waals surface area contributed by atoms with Crippen LogP contribution in [0.25, 0.3) is 5.76 Å². The fourth-order valence-electron chi connectivity index (χ4n) is 4.21. The zero-order valence-electron chi connectivity index (χ0n) is 20.1. The van der Waals surface area contributed by atoms with Crippen LogP contribution in [0.1, 0.15) is 49.1 Å². The number of hydrogen-bond acceptors (Lipinski definition) is 5. The smallest absolute Gasteiger partial charge is 0.295 e. The van der Waals surface area contributed by atoms with Crippen LogP contribution in [0.2, 0.25) is 5.02 Å². The maximum atomic E-state index is 13.3. The molecule has 6 nitrogen and oxygen atoms in total. The average Bonchev–Trinajstić information content (AvgIpc) is 3.08. The van der Waals surface area contributed by atoms with E-state index in [0.717, 1.165) is 16.7 Å². The molecule has 3 aromatic rings. The first-order chi connectivity index (χ1) is 16.6. The number of benzene rings is 2. The van der Waals surface area contributed by atoms with Crippen molar-refractivity contribution in [2.24, 2.45) is 0 Å². The van der Waals surface area contributed by atoms with Gasteiger partial charge in [0.15, 0.2) is 0 Å². The Bertz CT molecular complexity index is 1290. The summed E-state index contributed by atoms with van der Waals surface area (Å²) >= 11 is 6.27. The van der Waals surface area contributed by atoms with E-state index in [4.69, 9.17) is 16.3 Å². The lowest BCUT2D eigenvalue weighted by Gasteiger charge is -2.26. The van der Waals surface area contributed by atoms with E-state index in [-0.39, 0.29) is 28.3 Å². The predicted octanol–water partition coefficient (Wildman–Crippen LogP) is 5.66. The molecule has 1 fully saturated rings. The topological polar surface area (TPSA) is 79.7 Å². The highest BCUT2D eigenvalue weighted by molar-refractivity contribution is 6.46. The van der Waals surface area contributed by atoms with Gasteiger partial charge in [-0.1, -0.05) is 62.7 Å². The normalized spacial score (nSPS) is 17.6. The zero-order chi connectivity index (χ0) is 25.3. The van der Waals surface area contributed by atoms with Crippen molar-refractivity contribution in [2.45, 2.75) is 38.8 Å². The van der Waals surface area contributed by atoms with Crippen LogP contribution in [0.5, 0.6) is 5.75 Å². The molecule has 2 aromatic carbocycles. The maximum Gasteiger partial charge on any atom is 0.295 e. The fraction of sp³-hybridized carbons (Fsp3) is 0.250. The molecule has 0 radical (unpaired) electrons. The van der Waals surface area contributed by atoms with E-state index in [2.05, 4.69) is 25.8 Å². The first-order valence-electron chi connectivity index (χ1n) is 11.2. The van der Waals surface area contributed by atoms with E-state index in [1.54, 1.807) is 30.6 Å². The van der Waals surface area contributed by atoms with Gasteiger partial charge in [0, 0.05) is 24.5 Å². The van der Waals surface area contributed by atoms with Gasteiger partial charge in [-0.3, -0.25) is 14.6 Å². The molecule has 0 spiro atoms. The third-order valence-electron chi connectivity index (χ3n) is 6.13. The molecule has 1 atom stereocenters. The number of halogens is 1. The van der Waals surface area contributed by atoms with Crippen molar-refractivity contribution >= 4 is 29.1 Å². The van der Waals surface area contributed by atoms with Gasteiger partial charge in [0.2, 0.25) is 0 Å². The lowest BCUT2D eigenvalue weighted by atomic mass is 9.85. The summed E-state index contributed by atoms with van der Waals surface area (Å²) in [7, 11) is 1.49. The minimum absolute atomic E-state index is 0.0173. The first-order valence-corrected chi connectivity index (χ1v) is 11.6. The Morgan fingerprint density at radius 1 is 1.11 bits per heavy atom. The molecule has 1 aliphatic heterocycles. The lowest BCUT2D eigenvalue weighted by Crippen LogP contribution is -2.29. The Morgan fingerprint density at radius 3 is 2.40 bits per heavy atom. The Balaban J connectivity index is 1.86. The minimum atomic E-state index is -0.773. The second-order valence-electron chi connectivity index (χ2n) is 9.51. The van der Waals surface area contributed by atoms with E-state index in [9.17, 15) is 14.7 Å². The molecule has 1 amide bonds. The van der Waals surface area contributed by atoms with Gasteiger partial charge in [0.05, 0.1) is 23.7 Å². The van der Waals surface area contributed by atoms with Crippen LogP contribution < -0.4 is 4.74 Å². The standard InChI is InChI=1S/C28H27ClN2O4/c1-28(2,3)20-10-7-18(8-11-20)24-23(25(32)19-9-12-22(35-4)21(29)14-19)26(33)27(34)31(24)16-17-6-5-13-30-15-17/h5-15,24,32H,16H2,1-4H3/b25-23+. The van der Waals surface area contributed by atoms with E-state index < -0.39 is 17.7 Å². The van der Waals surface area contributed by atoms with Gasteiger partial charge < -0.3 is 14.7 Å². The number of methoxy groups -OCH3 is 1. The molecule has 0 saturated carbocycles. The molecule has 0 aliphatic carbocycles. The highest BCUT2D eigenvalue weighted by atomic mass is 35.5. The van der Waals surface area contributed by atoms with Gasteiger partial charge in [-0.25, -0.2) is 0 Å². The van der Waals surface area contributed by atoms with Crippen molar-refractivity contribution in [1.29, 1.82) is 0 Å².